The van der Waals surface area contributed by atoms with Crippen LogP contribution in [0.4, 0.5) is 0 Å². The summed E-state index contributed by atoms with van der Waals surface area (Å²) in [7, 11) is 3.10. The lowest BCUT2D eigenvalue weighted by molar-refractivity contribution is 0.170. The lowest BCUT2D eigenvalue weighted by atomic mass is 10.0. The number of methoxy groups -OCH3 is 2. The number of aromatic nitrogens is 3. The Morgan fingerprint density at radius 1 is 1.18 bits per heavy atom. The Kier molecular flexibility index (Phi) is 7.13. The third-order valence-electron chi connectivity index (χ3n) is 6.13. The number of fused-ring (bicyclic) bond motifs is 1. The summed E-state index contributed by atoms with van der Waals surface area (Å²) in [5.74, 6) is 2.96. The molecule has 8 heteroatoms. The number of ether oxygens (including phenoxy) is 3. The Labute approximate surface area is 194 Å². The third kappa shape index (κ3) is 5.11. The molecule has 0 unspecified atom stereocenters. The van der Waals surface area contributed by atoms with Crippen LogP contribution in [0, 0.1) is 12.8 Å². The molecule has 176 valence electrons. The van der Waals surface area contributed by atoms with Crippen molar-refractivity contribution in [1.29, 1.82) is 0 Å². The molecule has 0 spiro atoms. The number of likely N-dealkylation sites (tertiary alicyclic amines) is 1. The molecule has 33 heavy (non-hydrogen) atoms. The van der Waals surface area contributed by atoms with Gasteiger partial charge in [-0.25, -0.2) is 9.97 Å². The molecule has 1 aliphatic heterocycles. The van der Waals surface area contributed by atoms with Gasteiger partial charge < -0.3 is 19.1 Å². The summed E-state index contributed by atoms with van der Waals surface area (Å²) in [6.07, 6.45) is 5.14. The van der Waals surface area contributed by atoms with Crippen LogP contribution in [0.3, 0.4) is 0 Å². The van der Waals surface area contributed by atoms with Crippen LogP contribution >= 0.6 is 0 Å². The van der Waals surface area contributed by atoms with E-state index >= 15 is 0 Å². The number of aryl methyl sites for hydroxylation is 1. The molecule has 3 aromatic rings. The van der Waals surface area contributed by atoms with Crippen LogP contribution in [0.15, 0.2) is 35.3 Å². The van der Waals surface area contributed by atoms with Gasteiger partial charge in [-0.15, -0.1) is 0 Å². The molecule has 1 aliphatic rings. The van der Waals surface area contributed by atoms with E-state index in [2.05, 4.69) is 21.8 Å². The second-order valence-electron chi connectivity index (χ2n) is 8.63. The van der Waals surface area contributed by atoms with E-state index in [1.165, 1.54) is 33.0 Å². The van der Waals surface area contributed by atoms with Crippen LogP contribution < -0.4 is 19.8 Å². The van der Waals surface area contributed by atoms with Gasteiger partial charge >= 0.3 is 0 Å². The zero-order valence-corrected chi connectivity index (χ0v) is 19.8. The van der Waals surface area contributed by atoms with Gasteiger partial charge in [0, 0.05) is 25.2 Å². The number of pyridine rings is 1. The van der Waals surface area contributed by atoms with Crippen LogP contribution in [0.1, 0.15) is 32.0 Å². The van der Waals surface area contributed by atoms with E-state index in [0.29, 0.717) is 46.4 Å². The average Bonchev–Trinajstić information content (AvgIpc) is 2.82. The molecule has 8 nitrogen and oxygen atoms in total. The highest BCUT2D eigenvalue weighted by Crippen LogP contribution is 2.28. The maximum absolute atomic E-state index is 13.3. The molecule has 0 amide bonds. The highest BCUT2D eigenvalue weighted by molar-refractivity contribution is 5.78. The molecular formula is C25H32N4O4. The van der Waals surface area contributed by atoms with Crippen LogP contribution in [0.2, 0.25) is 0 Å². The Morgan fingerprint density at radius 2 is 2.03 bits per heavy atom. The second-order valence-corrected chi connectivity index (χ2v) is 8.63. The van der Waals surface area contributed by atoms with Crippen molar-refractivity contribution >= 4 is 10.9 Å². The summed E-state index contributed by atoms with van der Waals surface area (Å²) in [5, 5.41) is 0.432. The fourth-order valence-electron chi connectivity index (χ4n) is 4.48. The molecule has 4 rings (SSSR count). The summed E-state index contributed by atoms with van der Waals surface area (Å²) in [6.45, 7) is 8.16. The van der Waals surface area contributed by atoms with Gasteiger partial charge in [0.05, 0.1) is 43.6 Å². The third-order valence-corrected chi connectivity index (χ3v) is 6.13. The van der Waals surface area contributed by atoms with Gasteiger partial charge in [-0.05, 0) is 50.8 Å². The van der Waals surface area contributed by atoms with E-state index in [1.807, 2.05) is 18.2 Å². The molecule has 0 saturated carbocycles. The monoisotopic (exact) mass is 452 g/mol. The second kappa shape index (κ2) is 10.2. The maximum Gasteiger partial charge on any atom is 0.266 e. The Hall–Kier alpha value is -3.13. The quantitative estimate of drug-likeness (QED) is 0.483. The molecule has 2 aromatic heterocycles. The van der Waals surface area contributed by atoms with Gasteiger partial charge in [-0.1, -0.05) is 6.92 Å². The molecule has 1 saturated heterocycles. The largest absolute Gasteiger partial charge is 0.494 e. The summed E-state index contributed by atoms with van der Waals surface area (Å²) in [6, 6.07) is 7.13. The summed E-state index contributed by atoms with van der Waals surface area (Å²) in [4.78, 5) is 24.5. The molecule has 1 aromatic carbocycles. The molecular weight excluding hydrogens is 420 g/mol. The molecule has 0 radical (unpaired) electrons. The lowest BCUT2D eigenvalue weighted by Gasteiger charge is -2.30. The van der Waals surface area contributed by atoms with Gasteiger partial charge in [0.1, 0.15) is 17.3 Å². The van der Waals surface area contributed by atoms with Crippen LogP contribution in [0.25, 0.3) is 16.6 Å². The van der Waals surface area contributed by atoms with Gasteiger partial charge in [-0.3, -0.25) is 9.36 Å². The molecule has 0 N–H and O–H groups in total. The zero-order chi connectivity index (χ0) is 23.4. The van der Waals surface area contributed by atoms with Crippen LogP contribution in [0.5, 0.6) is 17.4 Å². The smallest absolute Gasteiger partial charge is 0.266 e. The SMILES string of the molecule is COc1cc2c(=O)n(-c3ccc(OCCCN4CCC[C@H](C)C4)cc3OC)c(C)nc2cn1. The number of nitrogens with zero attached hydrogens (tertiary/aromatic N) is 4. The predicted octanol–water partition coefficient (Wildman–Crippen LogP) is 3.61. The first-order chi connectivity index (χ1) is 16.0. The van der Waals surface area contributed by atoms with Crippen LogP contribution in [-0.4, -0.2) is 59.9 Å². The van der Waals surface area contributed by atoms with Crippen molar-refractivity contribution in [2.75, 3.05) is 40.5 Å². The highest BCUT2D eigenvalue weighted by Gasteiger charge is 2.17. The van der Waals surface area contributed by atoms with Crippen molar-refractivity contribution in [1.82, 2.24) is 19.4 Å². The van der Waals surface area contributed by atoms with E-state index in [1.54, 1.807) is 30.9 Å². The number of hydrogen-bond donors (Lipinski definition) is 0. The minimum atomic E-state index is -0.207. The zero-order valence-electron chi connectivity index (χ0n) is 19.8. The van der Waals surface area contributed by atoms with E-state index in [9.17, 15) is 4.79 Å². The number of benzene rings is 1. The number of rotatable bonds is 8. The van der Waals surface area contributed by atoms with Crippen molar-refractivity contribution in [2.45, 2.75) is 33.1 Å². The van der Waals surface area contributed by atoms with Gasteiger partial charge in [0.2, 0.25) is 5.88 Å². The molecule has 1 atom stereocenters. The van der Waals surface area contributed by atoms with Crippen molar-refractivity contribution in [3.05, 3.63) is 46.6 Å². The normalized spacial score (nSPS) is 16.7. The molecule has 0 aliphatic carbocycles. The van der Waals surface area contributed by atoms with Gasteiger partial charge in [0.15, 0.2) is 0 Å². The van der Waals surface area contributed by atoms with E-state index in [-0.39, 0.29) is 5.56 Å². The van der Waals surface area contributed by atoms with Gasteiger partial charge in [-0.2, -0.15) is 0 Å². The standard InChI is InChI=1S/C25H32N4O4/c1-17-7-5-10-28(16-17)11-6-12-33-19-8-9-22(23(13-19)31-3)29-18(2)27-21-15-26-24(32-4)14-20(21)25(29)30/h8-9,13-15,17H,5-7,10-12,16H2,1-4H3/t17-/m0/s1. The van der Waals surface area contributed by atoms with Crippen molar-refractivity contribution in [3.63, 3.8) is 0 Å². The minimum Gasteiger partial charge on any atom is -0.494 e. The average molecular weight is 453 g/mol. The van der Waals surface area contributed by atoms with Crippen molar-refractivity contribution in [2.24, 2.45) is 5.92 Å². The Balaban J connectivity index is 1.52. The van der Waals surface area contributed by atoms with E-state index in [0.717, 1.165) is 18.9 Å². The summed E-state index contributed by atoms with van der Waals surface area (Å²) in [5.41, 5.74) is 0.928. The first kappa shape index (κ1) is 23.0. The number of piperidine rings is 1. The lowest BCUT2D eigenvalue weighted by Crippen LogP contribution is -2.35. The van der Waals surface area contributed by atoms with Crippen LogP contribution in [-0.2, 0) is 0 Å². The Morgan fingerprint density at radius 3 is 2.79 bits per heavy atom. The van der Waals surface area contributed by atoms with E-state index < -0.39 is 0 Å². The topological polar surface area (TPSA) is 78.7 Å². The predicted molar refractivity (Wildman–Crippen MR) is 128 cm³/mol. The number of hydrogen-bond acceptors (Lipinski definition) is 7. The fraction of sp³-hybridized carbons (Fsp3) is 0.480. The highest BCUT2D eigenvalue weighted by atomic mass is 16.5. The molecule has 3 heterocycles. The molecule has 0 bridgehead atoms. The van der Waals surface area contributed by atoms with Crippen molar-refractivity contribution < 1.29 is 14.2 Å². The first-order valence-electron chi connectivity index (χ1n) is 11.5. The minimum absolute atomic E-state index is 0.207. The fourth-order valence-corrected chi connectivity index (χ4v) is 4.48. The van der Waals surface area contributed by atoms with Gasteiger partial charge in [0.25, 0.3) is 5.56 Å². The van der Waals surface area contributed by atoms with Crippen molar-refractivity contribution in [3.8, 4) is 23.1 Å². The summed E-state index contributed by atoms with van der Waals surface area (Å²) >= 11 is 0. The van der Waals surface area contributed by atoms with E-state index in [4.69, 9.17) is 14.2 Å². The summed E-state index contributed by atoms with van der Waals surface area (Å²) < 4.78 is 18.3. The first-order valence-corrected chi connectivity index (χ1v) is 11.5. The maximum atomic E-state index is 13.3. The molecule has 1 fully saturated rings. The Bertz CT molecular complexity index is 1180.